The first-order valence-electron chi connectivity index (χ1n) is 13.1. The number of nitrogens with one attached hydrogen (secondary N) is 1. The van der Waals surface area contributed by atoms with Gasteiger partial charge in [-0.25, -0.2) is 8.42 Å². The van der Waals surface area contributed by atoms with E-state index < -0.39 is 28.5 Å². The van der Waals surface area contributed by atoms with Gasteiger partial charge < -0.3 is 10.2 Å². The SMILES string of the molecule is CCCCNC(=O)[C@H](CC)N(Cc1ccccc1C)C(=O)CN(c1ccccc1)S(=O)(=O)c1ccc(Cl)cc1. The van der Waals surface area contributed by atoms with Crippen LogP contribution in [0.1, 0.15) is 44.2 Å². The van der Waals surface area contributed by atoms with Crippen molar-refractivity contribution in [2.45, 2.75) is 57.5 Å². The predicted octanol–water partition coefficient (Wildman–Crippen LogP) is 5.57. The third-order valence-electron chi connectivity index (χ3n) is 6.54. The summed E-state index contributed by atoms with van der Waals surface area (Å²) in [5.41, 5.74) is 2.21. The Bertz CT molecular complexity index is 1350. The molecule has 0 heterocycles. The van der Waals surface area contributed by atoms with Crippen molar-refractivity contribution in [2.75, 3.05) is 17.4 Å². The van der Waals surface area contributed by atoms with Gasteiger partial charge in [-0.1, -0.05) is 74.3 Å². The van der Waals surface area contributed by atoms with Gasteiger partial charge in [0.2, 0.25) is 11.8 Å². The Morgan fingerprint density at radius 2 is 1.56 bits per heavy atom. The van der Waals surface area contributed by atoms with E-state index in [-0.39, 0.29) is 17.3 Å². The lowest BCUT2D eigenvalue weighted by Crippen LogP contribution is -2.52. The van der Waals surface area contributed by atoms with E-state index in [1.165, 1.54) is 29.2 Å². The van der Waals surface area contributed by atoms with Crippen LogP contribution in [0.4, 0.5) is 5.69 Å². The maximum absolute atomic E-state index is 14.0. The van der Waals surface area contributed by atoms with Crippen molar-refractivity contribution in [3.05, 3.63) is 95.0 Å². The number of carbonyl (C=O) groups is 2. The zero-order chi connectivity index (χ0) is 28.4. The van der Waals surface area contributed by atoms with Crippen molar-refractivity contribution < 1.29 is 18.0 Å². The second-order valence-corrected chi connectivity index (χ2v) is 11.6. The van der Waals surface area contributed by atoms with Crippen LogP contribution in [0.3, 0.4) is 0 Å². The normalized spacial score (nSPS) is 12.0. The second kappa shape index (κ2) is 14.1. The Morgan fingerprint density at radius 1 is 0.923 bits per heavy atom. The van der Waals surface area contributed by atoms with Gasteiger partial charge in [-0.2, -0.15) is 0 Å². The molecule has 0 bridgehead atoms. The molecular formula is C30H36ClN3O4S. The van der Waals surface area contributed by atoms with E-state index in [0.29, 0.717) is 23.7 Å². The van der Waals surface area contributed by atoms with Crippen LogP contribution in [0.5, 0.6) is 0 Å². The third-order valence-corrected chi connectivity index (χ3v) is 8.58. The molecule has 0 radical (unpaired) electrons. The number of aryl methyl sites for hydroxylation is 1. The summed E-state index contributed by atoms with van der Waals surface area (Å²) in [6, 6.07) is 21.2. The van der Waals surface area contributed by atoms with E-state index in [2.05, 4.69) is 5.32 Å². The number of hydrogen-bond acceptors (Lipinski definition) is 4. The van der Waals surface area contributed by atoms with Crippen LogP contribution in [-0.4, -0.2) is 44.3 Å². The Balaban J connectivity index is 2.02. The Labute approximate surface area is 236 Å². The molecule has 3 aromatic rings. The molecule has 3 rings (SSSR count). The number of carbonyl (C=O) groups excluding carboxylic acids is 2. The minimum absolute atomic E-state index is 0.0124. The molecule has 0 aliphatic heterocycles. The number of anilines is 1. The summed E-state index contributed by atoms with van der Waals surface area (Å²) < 4.78 is 28.7. The molecule has 1 atom stereocenters. The standard InChI is InChI=1S/C30H36ClN3O4S/c1-4-6-20-32-30(36)28(5-2)33(21-24-13-11-10-12-23(24)3)29(35)22-34(26-14-8-7-9-15-26)39(37,38)27-18-16-25(31)17-19-27/h7-19,28H,4-6,20-22H2,1-3H3,(H,32,36)/t28-/m0/s1. The lowest BCUT2D eigenvalue weighted by atomic mass is 10.1. The number of sulfonamides is 1. The first-order valence-corrected chi connectivity index (χ1v) is 15.0. The van der Waals surface area contributed by atoms with Gasteiger partial charge in [-0.15, -0.1) is 0 Å². The summed E-state index contributed by atoms with van der Waals surface area (Å²) in [6.07, 6.45) is 2.14. The van der Waals surface area contributed by atoms with Crippen molar-refractivity contribution in [2.24, 2.45) is 0 Å². The van der Waals surface area contributed by atoms with E-state index in [0.717, 1.165) is 28.3 Å². The van der Waals surface area contributed by atoms with Gasteiger partial charge in [0.15, 0.2) is 0 Å². The molecule has 0 unspecified atom stereocenters. The topological polar surface area (TPSA) is 86.8 Å². The van der Waals surface area contributed by atoms with E-state index in [4.69, 9.17) is 11.6 Å². The molecule has 1 N–H and O–H groups in total. The first kappa shape index (κ1) is 30.2. The van der Waals surface area contributed by atoms with Crippen LogP contribution in [0.25, 0.3) is 0 Å². The zero-order valence-corrected chi connectivity index (χ0v) is 24.2. The van der Waals surface area contributed by atoms with Crippen LogP contribution in [0, 0.1) is 6.92 Å². The Kier molecular flexibility index (Phi) is 10.9. The quantitative estimate of drug-likeness (QED) is 0.273. The minimum Gasteiger partial charge on any atom is -0.354 e. The van der Waals surface area contributed by atoms with Gasteiger partial charge in [-0.3, -0.25) is 13.9 Å². The van der Waals surface area contributed by atoms with Crippen molar-refractivity contribution >= 4 is 39.1 Å². The van der Waals surface area contributed by atoms with Gasteiger partial charge >= 0.3 is 0 Å². The monoisotopic (exact) mass is 569 g/mol. The summed E-state index contributed by atoms with van der Waals surface area (Å²) in [7, 11) is -4.12. The number of unbranched alkanes of at least 4 members (excludes halogenated alkanes) is 1. The van der Waals surface area contributed by atoms with Gasteiger partial charge in [0, 0.05) is 18.1 Å². The Hall–Kier alpha value is -3.36. The fraction of sp³-hybridized carbons (Fsp3) is 0.333. The van der Waals surface area contributed by atoms with Crippen molar-refractivity contribution in [1.29, 1.82) is 0 Å². The number of nitrogens with zero attached hydrogens (tertiary/aromatic N) is 2. The molecule has 0 spiro atoms. The average Bonchev–Trinajstić information content (AvgIpc) is 2.93. The lowest BCUT2D eigenvalue weighted by Gasteiger charge is -2.33. The van der Waals surface area contributed by atoms with Gasteiger partial charge in [0.25, 0.3) is 10.0 Å². The predicted molar refractivity (Wildman–Crippen MR) is 156 cm³/mol. The first-order chi connectivity index (χ1) is 18.7. The number of halogens is 1. The fourth-order valence-corrected chi connectivity index (χ4v) is 5.79. The summed E-state index contributed by atoms with van der Waals surface area (Å²) >= 11 is 5.99. The van der Waals surface area contributed by atoms with Gasteiger partial charge in [-0.05, 0) is 67.3 Å². The number of benzene rings is 3. The number of hydrogen-bond donors (Lipinski definition) is 1. The molecule has 0 aliphatic rings. The molecule has 2 amide bonds. The fourth-order valence-electron chi connectivity index (χ4n) is 4.25. The van der Waals surface area contributed by atoms with Crippen LogP contribution in [-0.2, 0) is 26.2 Å². The van der Waals surface area contributed by atoms with Crippen molar-refractivity contribution in [3.63, 3.8) is 0 Å². The molecule has 0 aromatic heterocycles. The van der Waals surface area contributed by atoms with Crippen LogP contribution >= 0.6 is 11.6 Å². The van der Waals surface area contributed by atoms with Crippen LogP contribution in [0.15, 0.2) is 83.8 Å². The number of para-hydroxylation sites is 1. The summed E-state index contributed by atoms with van der Waals surface area (Å²) in [6.45, 7) is 6.05. The Morgan fingerprint density at radius 3 is 2.18 bits per heavy atom. The zero-order valence-electron chi connectivity index (χ0n) is 22.6. The molecule has 0 fully saturated rings. The van der Waals surface area contributed by atoms with Crippen molar-refractivity contribution in [3.8, 4) is 0 Å². The maximum atomic E-state index is 14.0. The maximum Gasteiger partial charge on any atom is 0.264 e. The highest BCUT2D eigenvalue weighted by molar-refractivity contribution is 7.92. The summed E-state index contributed by atoms with van der Waals surface area (Å²) in [4.78, 5) is 28.8. The highest BCUT2D eigenvalue weighted by atomic mass is 35.5. The highest BCUT2D eigenvalue weighted by Gasteiger charge is 2.33. The molecule has 39 heavy (non-hydrogen) atoms. The minimum atomic E-state index is -4.12. The average molecular weight is 570 g/mol. The van der Waals surface area contributed by atoms with Gasteiger partial charge in [0.05, 0.1) is 10.6 Å². The van der Waals surface area contributed by atoms with E-state index in [1.807, 2.05) is 45.0 Å². The molecule has 0 aliphatic carbocycles. The summed E-state index contributed by atoms with van der Waals surface area (Å²) in [5.74, 6) is -0.725. The van der Waals surface area contributed by atoms with Crippen molar-refractivity contribution in [1.82, 2.24) is 10.2 Å². The molecule has 7 nitrogen and oxygen atoms in total. The van der Waals surface area contributed by atoms with E-state index >= 15 is 0 Å². The third kappa shape index (κ3) is 7.83. The summed E-state index contributed by atoms with van der Waals surface area (Å²) in [5, 5.41) is 3.34. The lowest BCUT2D eigenvalue weighted by molar-refractivity contribution is -0.140. The number of rotatable bonds is 13. The van der Waals surface area contributed by atoms with E-state index in [1.54, 1.807) is 30.3 Å². The number of amides is 2. The smallest absolute Gasteiger partial charge is 0.264 e. The van der Waals surface area contributed by atoms with Gasteiger partial charge in [0.1, 0.15) is 12.6 Å². The van der Waals surface area contributed by atoms with E-state index in [9.17, 15) is 18.0 Å². The molecule has 9 heteroatoms. The molecule has 0 saturated heterocycles. The van der Waals surface area contributed by atoms with Crippen LogP contribution in [0.2, 0.25) is 5.02 Å². The largest absolute Gasteiger partial charge is 0.354 e. The molecular weight excluding hydrogens is 534 g/mol. The molecule has 0 saturated carbocycles. The van der Waals surface area contributed by atoms with Crippen LogP contribution < -0.4 is 9.62 Å². The highest BCUT2D eigenvalue weighted by Crippen LogP contribution is 2.26. The molecule has 3 aromatic carbocycles. The second-order valence-electron chi connectivity index (χ2n) is 9.32. The molecule has 208 valence electrons.